The maximum absolute atomic E-state index is 11.8. The lowest BCUT2D eigenvalue weighted by molar-refractivity contribution is -0.127. The van der Waals surface area contributed by atoms with Gasteiger partial charge in [0.1, 0.15) is 0 Å². The van der Waals surface area contributed by atoms with Gasteiger partial charge in [0.2, 0.25) is 5.76 Å². The van der Waals surface area contributed by atoms with Gasteiger partial charge in [0.15, 0.2) is 0 Å². The molecule has 0 saturated carbocycles. The monoisotopic (exact) mass is 181 g/mol. The minimum absolute atomic E-state index is 0.0792. The normalized spacial score (nSPS) is 22.4. The Morgan fingerprint density at radius 2 is 2.08 bits per heavy atom. The largest absolute Gasteiger partial charge is 0.504 e. The molecule has 0 aromatic heterocycles. The molecular weight excluding hydrogens is 175 g/mol. The standard InChI is InChI=1S/C6H6F3NO2/c7-6(8,9)4(11)3-1-2-10-5(3)12/h11H,1-2H2,(H,10,12)/b4-3-. The molecular formula is C6H6F3NO2. The lowest BCUT2D eigenvalue weighted by Crippen LogP contribution is -2.19. The fraction of sp³-hybridized carbons (Fsp3) is 0.500. The van der Waals surface area contributed by atoms with Crippen molar-refractivity contribution in [3.63, 3.8) is 0 Å². The maximum Gasteiger partial charge on any atom is 0.449 e. The quantitative estimate of drug-likeness (QED) is 0.430. The molecule has 1 aliphatic rings. The van der Waals surface area contributed by atoms with E-state index in [0.717, 1.165) is 0 Å². The number of aliphatic hydroxyl groups is 1. The SMILES string of the molecule is O=C1NCC/C1=C(/O)C(F)(F)F. The van der Waals surface area contributed by atoms with Crippen LogP contribution in [0.25, 0.3) is 0 Å². The van der Waals surface area contributed by atoms with E-state index >= 15 is 0 Å². The van der Waals surface area contributed by atoms with Gasteiger partial charge in [-0.2, -0.15) is 13.2 Å². The summed E-state index contributed by atoms with van der Waals surface area (Å²) in [5.41, 5.74) is -0.581. The molecule has 0 bridgehead atoms. The molecule has 1 fully saturated rings. The van der Waals surface area contributed by atoms with Gasteiger partial charge in [0.25, 0.3) is 5.91 Å². The molecule has 0 unspecified atom stereocenters. The van der Waals surface area contributed by atoms with Crippen LogP contribution in [0.15, 0.2) is 11.3 Å². The average Bonchev–Trinajstić information content (AvgIpc) is 2.31. The molecule has 1 amide bonds. The Bertz CT molecular complexity index is 244. The van der Waals surface area contributed by atoms with E-state index in [1.54, 1.807) is 0 Å². The molecule has 0 atom stereocenters. The van der Waals surface area contributed by atoms with Gasteiger partial charge in [-0.25, -0.2) is 0 Å². The second-order valence-electron chi connectivity index (χ2n) is 2.33. The van der Waals surface area contributed by atoms with Gasteiger partial charge in [0.05, 0.1) is 5.57 Å². The van der Waals surface area contributed by atoms with E-state index in [4.69, 9.17) is 5.11 Å². The fourth-order valence-corrected chi connectivity index (χ4v) is 0.918. The second kappa shape index (κ2) is 2.69. The van der Waals surface area contributed by atoms with Crippen LogP contribution in [-0.2, 0) is 4.79 Å². The molecule has 0 aromatic rings. The number of rotatable bonds is 0. The molecule has 2 N–H and O–H groups in total. The van der Waals surface area contributed by atoms with Crippen molar-refractivity contribution in [2.75, 3.05) is 6.54 Å². The average molecular weight is 181 g/mol. The number of hydrogen-bond acceptors (Lipinski definition) is 2. The van der Waals surface area contributed by atoms with Crippen molar-refractivity contribution in [3.05, 3.63) is 11.3 Å². The van der Waals surface area contributed by atoms with Crippen molar-refractivity contribution in [1.82, 2.24) is 5.32 Å². The highest BCUT2D eigenvalue weighted by atomic mass is 19.4. The van der Waals surface area contributed by atoms with Crippen molar-refractivity contribution in [2.24, 2.45) is 0 Å². The summed E-state index contributed by atoms with van der Waals surface area (Å²) in [4.78, 5) is 10.6. The van der Waals surface area contributed by atoms with Gasteiger partial charge < -0.3 is 10.4 Å². The van der Waals surface area contributed by atoms with Crippen molar-refractivity contribution in [2.45, 2.75) is 12.6 Å². The third-order valence-corrected chi connectivity index (χ3v) is 1.49. The molecule has 0 aromatic carbocycles. The molecule has 0 aliphatic carbocycles. The summed E-state index contributed by atoms with van der Waals surface area (Å²) in [6.45, 7) is 0.147. The Balaban J connectivity index is 2.97. The number of halogens is 3. The summed E-state index contributed by atoms with van der Waals surface area (Å²) >= 11 is 0. The van der Waals surface area contributed by atoms with Crippen molar-refractivity contribution < 1.29 is 23.1 Å². The highest BCUT2D eigenvalue weighted by molar-refractivity contribution is 5.96. The third kappa shape index (κ3) is 1.51. The zero-order chi connectivity index (χ0) is 9.35. The predicted octanol–water partition coefficient (Wildman–Crippen LogP) is 0.881. The molecule has 1 saturated heterocycles. The number of carbonyl (C=O) groups excluding carboxylic acids is 1. The topological polar surface area (TPSA) is 49.3 Å². The van der Waals surface area contributed by atoms with Crippen LogP contribution in [0.5, 0.6) is 0 Å². The van der Waals surface area contributed by atoms with E-state index in [9.17, 15) is 18.0 Å². The molecule has 0 radical (unpaired) electrons. The van der Waals surface area contributed by atoms with Crippen molar-refractivity contribution in [1.29, 1.82) is 0 Å². The number of allylic oxidation sites excluding steroid dienone is 1. The van der Waals surface area contributed by atoms with Crippen LogP contribution in [0.1, 0.15) is 6.42 Å². The number of hydrogen-bond donors (Lipinski definition) is 2. The fourth-order valence-electron chi connectivity index (χ4n) is 0.918. The first-order valence-electron chi connectivity index (χ1n) is 3.20. The van der Waals surface area contributed by atoms with Crippen LogP contribution < -0.4 is 5.32 Å². The van der Waals surface area contributed by atoms with E-state index < -0.39 is 23.4 Å². The number of carbonyl (C=O) groups is 1. The van der Waals surface area contributed by atoms with Gasteiger partial charge in [0, 0.05) is 6.54 Å². The molecule has 1 rings (SSSR count). The van der Waals surface area contributed by atoms with E-state index in [1.807, 2.05) is 0 Å². The highest BCUT2D eigenvalue weighted by Crippen LogP contribution is 2.28. The summed E-state index contributed by atoms with van der Waals surface area (Å²) in [6, 6.07) is 0. The Morgan fingerprint density at radius 3 is 2.42 bits per heavy atom. The summed E-state index contributed by atoms with van der Waals surface area (Å²) in [5.74, 6) is -2.62. The minimum Gasteiger partial charge on any atom is -0.504 e. The van der Waals surface area contributed by atoms with E-state index in [2.05, 4.69) is 5.32 Å². The lowest BCUT2D eigenvalue weighted by Gasteiger charge is -2.06. The number of amides is 1. The number of nitrogens with one attached hydrogen (secondary N) is 1. The maximum atomic E-state index is 11.8. The van der Waals surface area contributed by atoms with Crippen molar-refractivity contribution in [3.8, 4) is 0 Å². The summed E-state index contributed by atoms with van der Waals surface area (Å²) in [7, 11) is 0. The predicted molar refractivity (Wildman–Crippen MR) is 33.3 cm³/mol. The molecule has 0 spiro atoms. The Kier molecular flexibility index (Phi) is 1.99. The highest BCUT2D eigenvalue weighted by Gasteiger charge is 2.39. The first kappa shape index (κ1) is 8.89. The molecule has 1 aliphatic heterocycles. The van der Waals surface area contributed by atoms with Gasteiger partial charge in [-0.1, -0.05) is 0 Å². The molecule has 12 heavy (non-hydrogen) atoms. The van der Waals surface area contributed by atoms with Crippen LogP contribution >= 0.6 is 0 Å². The zero-order valence-corrected chi connectivity index (χ0v) is 5.90. The van der Waals surface area contributed by atoms with Crippen molar-refractivity contribution >= 4 is 5.91 Å². The number of alkyl halides is 3. The van der Waals surface area contributed by atoms with Gasteiger partial charge in [-0.05, 0) is 6.42 Å². The first-order chi connectivity index (χ1) is 5.43. The summed E-state index contributed by atoms with van der Waals surface area (Å²) in [5, 5.41) is 10.7. The number of aliphatic hydroxyl groups excluding tert-OH is 1. The van der Waals surface area contributed by atoms with Crippen LogP contribution in [0, 0.1) is 0 Å². The minimum atomic E-state index is -4.82. The zero-order valence-electron chi connectivity index (χ0n) is 5.90. The summed E-state index contributed by atoms with van der Waals surface area (Å²) in [6.07, 6.45) is -4.90. The second-order valence-corrected chi connectivity index (χ2v) is 2.33. The van der Waals surface area contributed by atoms with Crippen LogP contribution in [0.2, 0.25) is 0 Å². The Morgan fingerprint density at radius 1 is 1.50 bits per heavy atom. The van der Waals surface area contributed by atoms with Gasteiger partial charge in [-0.15, -0.1) is 0 Å². The summed E-state index contributed by atoms with van der Waals surface area (Å²) < 4.78 is 35.4. The first-order valence-corrected chi connectivity index (χ1v) is 3.20. The molecule has 68 valence electrons. The third-order valence-electron chi connectivity index (χ3n) is 1.49. The molecule has 6 heteroatoms. The molecule has 3 nitrogen and oxygen atoms in total. The Labute approximate surface area is 65.9 Å². The lowest BCUT2D eigenvalue weighted by atomic mass is 10.2. The smallest absolute Gasteiger partial charge is 0.449 e. The van der Waals surface area contributed by atoms with Crippen LogP contribution in [-0.4, -0.2) is 23.7 Å². The van der Waals surface area contributed by atoms with Gasteiger partial charge in [-0.3, -0.25) is 4.79 Å². The van der Waals surface area contributed by atoms with E-state index in [-0.39, 0.29) is 13.0 Å². The Hall–Kier alpha value is -1.20. The van der Waals surface area contributed by atoms with Crippen LogP contribution in [0.3, 0.4) is 0 Å². The molecule has 1 heterocycles. The van der Waals surface area contributed by atoms with Gasteiger partial charge >= 0.3 is 6.18 Å². The van der Waals surface area contributed by atoms with E-state index in [1.165, 1.54) is 0 Å². The van der Waals surface area contributed by atoms with E-state index in [0.29, 0.717) is 0 Å². The van der Waals surface area contributed by atoms with Crippen LogP contribution in [0.4, 0.5) is 13.2 Å².